The summed E-state index contributed by atoms with van der Waals surface area (Å²) in [5.41, 5.74) is 2.51. The Morgan fingerprint density at radius 1 is 1.53 bits per heavy atom. The maximum Gasteiger partial charge on any atom is 0.0596 e. The Morgan fingerprint density at radius 3 is 2.76 bits per heavy atom. The Balaban J connectivity index is 2.05. The van der Waals surface area contributed by atoms with Gasteiger partial charge in [-0.2, -0.15) is 5.10 Å². The fraction of sp³-hybridized carbons (Fsp3) is 0.786. The predicted octanol–water partition coefficient (Wildman–Crippen LogP) is 2.39. The lowest BCUT2D eigenvalue weighted by Crippen LogP contribution is -2.35. The van der Waals surface area contributed by atoms with Gasteiger partial charge in [0.05, 0.1) is 5.69 Å². The molecule has 3 heteroatoms. The second-order valence-electron chi connectivity index (χ2n) is 5.39. The number of rotatable bonds is 6. The van der Waals surface area contributed by atoms with E-state index >= 15 is 0 Å². The molecule has 96 valence electrons. The van der Waals surface area contributed by atoms with Gasteiger partial charge in [0.25, 0.3) is 0 Å². The number of hydrogen-bond acceptors (Lipinski definition) is 2. The van der Waals surface area contributed by atoms with Crippen molar-refractivity contribution in [3.05, 3.63) is 17.5 Å². The first-order valence-corrected chi connectivity index (χ1v) is 6.86. The molecule has 1 aromatic rings. The summed E-state index contributed by atoms with van der Waals surface area (Å²) >= 11 is 0. The largest absolute Gasteiger partial charge is 0.316 e. The minimum atomic E-state index is 0.587. The second-order valence-corrected chi connectivity index (χ2v) is 5.39. The molecule has 0 amide bonds. The third-order valence-corrected chi connectivity index (χ3v) is 4.09. The third kappa shape index (κ3) is 2.89. The molecule has 1 heterocycles. The zero-order chi connectivity index (χ0) is 12.4. The SMILES string of the molecule is CCn1nc(C)cc1CC(NC)C(C)C1CC1. The average Bonchev–Trinajstić information content (AvgIpc) is 3.10. The van der Waals surface area contributed by atoms with E-state index in [1.54, 1.807) is 0 Å². The monoisotopic (exact) mass is 235 g/mol. The van der Waals surface area contributed by atoms with Crippen LogP contribution in [0, 0.1) is 18.8 Å². The molecule has 2 unspecified atom stereocenters. The molecular weight excluding hydrogens is 210 g/mol. The first kappa shape index (κ1) is 12.6. The summed E-state index contributed by atoms with van der Waals surface area (Å²) in [6, 6.07) is 2.82. The van der Waals surface area contributed by atoms with E-state index in [4.69, 9.17) is 0 Å². The molecule has 17 heavy (non-hydrogen) atoms. The van der Waals surface area contributed by atoms with Crippen LogP contribution in [0.1, 0.15) is 38.1 Å². The van der Waals surface area contributed by atoms with Crippen molar-refractivity contribution in [3.63, 3.8) is 0 Å². The van der Waals surface area contributed by atoms with Crippen molar-refractivity contribution in [2.24, 2.45) is 11.8 Å². The Kier molecular flexibility index (Phi) is 3.87. The van der Waals surface area contributed by atoms with Crippen LogP contribution in [0.5, 0.6) is 0 Å². The summed E-state index contributed by atoms with van der Waals surface area (Å²) in [5.74, 6) is 1.73. The number of aromatic nitrogens is 2. The van der Waals surface area contributed by atoms with E-state index in [1.165, 1.54) is 18.5 Å². The maximum atomic E-state index is 4.53. The Morgan fingerprint density at radius 2 is 2.24 bits per heavy atom. The van der Waals surface area contributed by atoms with Gasteiger partial charge in [-0.3, -0.25) is 4.68 Å². The van der Waals surface area contributed by atoms with E-state index in [0.717, 1.165) is 30.5 Å². The number of likely N-dealkylation sites (N-methyl/N-ethyl adjacent to an activating group) is 1. The van der Waals surface area contributed by atoms with Crippen molar-refractivity contribution in [1.82, 2.24) is 15.1 Å². The van der Waals surface area contributed by atoms with Crippen LogP contribution in [0.3, 0.4) is 0 Å². The first-order chi connectivity index (χ1) is 8.15. The number of nitrogens with one attached hydrogen (secondary N) is 1. The van der Waals surface area contributed by atoms with E-state index in [0.29, 0.717) is 6.04 Å². The van der Waals surface area contributed by atoms with E-state index in [1.807, 2.05) is 0 Å². The van der Waals surface area contributed by atoms with E-state index in [9.17, 15) is 0 Å². The van der Waals surface area contributed by atoms with Gasteiger partial charge < -0.3 is 5.32 Å². The standard InChI is InChI=1S/C14H25N3/c1-5-17-13(8-10(2)16-17)9-14(15-4)11(3)12-6-7-12/h8,11-12,14-15H,5-7,9H2,1-4H3. The van der Waals surface area contributed by atoms with Gasteiger partial charge in [-0.1, -0.05) is 6.92 Å². The first-order valence-electron chi connectivity index (χ1n) is 6.86. The molecule has 1 saturated carbocycles. The minimum Gasteiger partial charge on any atom is -0.316 e. The van der Waals surface area contributed by atoms with Gasteiger partial charge >= 0.3 is 0 Å². The summed E-state index contributed by atoms with van der Waals surface area (Å²) in [6.45, 7) is 7.60. The fourth-order valence-electron chi connectivity index (χ4n) is 2.76. The molecule has 0 aromatic carbocycles. The number of hydrogen-bond donors (Lipinski definition) is 1. The van der Waals surface area contributed by atoms with Gasteiger partial charge in [0.15, 0.2) is 0 Å². The molecule has 2 atom stereocenters. The zero-order valence-corrected chi connectivity index (χ0v) is 11.5. The Labute approximate surface area is 105 Å². The van der Waals surface area contributed by atoms with Gasteiger partial charge in [-0.15, -0.1) is 0 Å². The minimum absolute atomic E-state index is 0.587. The van der Waals surface area contributed by atoms with Crippen LogP contribution >= 0.6 is 0 Å². The molecular formula is C14H25N3. The molecule has 1 aliphatic rings. The molecule has 1 aromatic heterocycles. The second kappa shape index (κ2) is 5.21. The van der Waals surface area contributed by atoms with Crippen molar-refractivity contribution >= 4 is 0 Å². The molecule has 2 rings (SSSR count). The summed E-state index contributed by atoms with van der Waals surface area (Å²) in [5, 5.41) is 8.02. The highest BCUT2D eigenvalue weighted by Gasteiger charge is 2.33. The zero-order valence-electron chi connectivity index (χ0n) is 11.5. The molecule has 1 N–H and O–H groups in total. The Bertz CT molecular complexity index is 366. The van der Waals surface area contributed by atoms with Crippen LogP contribution in [-0.2, 0) is 13.0 Å². The van der Waals surface area contributed by atoms with Crippen molar-refractivity contribution in [1.29, 1.82) is 0 Å². The fourth-order valence-corrected chi connectivity index (χ4v) is 2.76. The molecule has 0 spiro atoms. The van der Waals surface area contributed by atoms with Gasteiger partial charge in [-0.05, 0) is 51.6 Å². The predicted molar refractivity (Wildman–Crippen MR) is 71.1 cm³/mol. The van der Waals surface area contributed by atoms with Crippen molar-refractivity contribution in [3.8, 4) is 0 Å². The molecule has 1 aliphatic carbocycles. The van der Waals surface area contributed by atoms with Gasteiger partial charge in [-0.25, -0.2) is 0 Å². The summed E-state index contributed by atoms with van der Waals surface area (Å²) in [4.78, 5) is 0. The quantitative estimate of drug-likeness (QED) is 0.820. The van der Waals surface area contributed by atoms with Crippen LogP contribution in [-0.4, -0.2) is 22.9 Å². The van der Waals surface area contributed by atoms with Crippen LogP contribution in [0.2, 0.25) is 0 Å². The van der Waals surface area contributed by atoms with E-state index in [2.05, 4.69) is 49.0 Å². The van der Waals surface area contributed by atoms with Gasteiger partial charge in [0.2, 0.25) is 0 Å². The van der Waals surface area contributed by atoms with Crippen molar-refractivity contribution < 1.29 is 0 Å². The lowest BCUT2D eigenvalue weighted by atomic mass is 9.93. The molecule has 0 bridgehead atoms. The summed E-state index contributed by atoms with van der Waals surface area (Å²) < 4.78 is 2.14. The Hall–Kier alpha value is -0.830. The molecule has 0 aliphatic heterocycles. The lowest BCUT2D eigenvalue weighted by Gasteiger charge is -2.23. The van der Waals surface area contributed by atoms with Crippen LogP contribution in [0.15, 0.2) is 6.07 Å². The van der Waals surface area contributed by atoms with E-state index in [-0.39, 0.29) is 0 Å². The van der Waals surface area contributed by atoms with Gasteiger partial charge in [0.1, 0.15) is 0 Å². The highest BCUT2D eigenvalue weighted by atomic mass is 15.3. The highest BCUT2D eigenvalue weighted by molar-refractivity contribution is 5.11. The summed E-state index contributed by atoms with van der Waals surface area (Å²) in [7, 11) is 2.09. The van der Waals surface area contributed by atoms with Crippen LogP contribution in [0.4, 0.5) is 0 Å². The molecule has 3 nitrogen and oxygen atoms in total. The van der Waals surface area contributed by atoms with Gasteiger partial charge in [0, 0.05) is 24.7 Å². The molecule has 0 saturated heterocycles. The molecule has 1 fully saturated rings. The average molecular weight is 235 g/mol. The topological polar surface area (TPSA) is 29.9 Å². The van der Waals surface area contributed by atoms with Crippen molar-refractivity contribution in [2.75, 3.05) is 7.05 Å². The molecule has 0 radical (unpaired) electrons. The number of nitrogens with zero attached hydrogens (tertiary/aromatic N) is 2. The van der Waals surface area contributed by atoms with Crippen LogP contribution < -0.4 is 5.32 Å². The lowest BCUT2D eigenvalue weighted by molar-refractivity contribution is 0.351. The highest BCUT2D eigenvalue weighted by Crippen LogP contribution is 2.38. The van der Waals surface area contributed by atoms with Crippen LogP contribution in [0.25, 0.3) is 0 Å². The number of aryl methyl sites for hydroxylation is 2. The van der Waals surface area contributed by atoms with Crippen molar-refractivity contribution in [2.45, 2.75) is 52.6 Å². The van der Waals surface area contributed by atoms with E-state index < -0.39 is 0 Å². The summed E-state index contributed by atoms with van der Waals surface area (Å²) in [6.07, 6.45) is 3.94. The smallest absolute Gasteiger partial charge is 0.0596 e. The maximum absolute atomic E-state index is 4.53. The third-order valence-electron chi connectivity index (χ3n) is 4.09. The normalized spacial score (nSPS) is 19.3.